The number of rotatable bonds is 10. The molecule has 6 aromatic rings. The Morgan fingerprint density at radius 1 is 1.12 bits per heavy atom. The number of piperidine rings is 1. The van der Waals surface area contributed by atoms with Gasteiger partial charge in [0.05, 0.1) is 30.4 Å². The van der Waals surface area contributed by atoms with Crippen LogP contribution in [0.3, 0.4) is 0 Å². The molecule has 1 fully saturated rings. The summed E-state index contributed by atoms with van der Waals surface area (Å²) in [5, 5.41) is 21.4. The Kier molecular flexibility index (Phi) is 9.32. The molecule has 0 spiro atoms. The number of aromatic nitrogens is 5. The summed E-state index contributed by atoms with van der Waals surface area (Å²) >= 11 is 8.12. The van der Waals surface area contributed by atoms with Crippen molar-refractivity contribution < 1.29 is 19.1 Å². The molecule has 0 radical (unpaired) electrons. The summed E-state index contributed by atoms with van der Waals surface area (Å²) in [6.45, 7) is 2.62. The second-order valence-corrected chi connectivity index (χ2v) is 13.7. The van der Waals surface area contributed by atoms with Crippen LogP contribution in [-0.2, 0) is 38.0 Å². The summed E-state index contributed by atoms with van der Waals surface area (Å²) < 4.78 is 13.7. The summed E-state index contributed by atoms with van der Waals surface area (Å²) in [6, 6.07) is 17.3. The molecule has 1 saturated heterocycles. The Morgan fingerprint density at radius 3 is 2.63 bits per heavy atom. The van der Waals surface area contributed by atoms with E-state index in [1.54, 1.807) is 17.9 Å². The summed E-state index contributed by atoms with van der Waals surface area (Å²) in [6.07, 6.45) is 5.04. The van der Waals surface area contributed by atoms with Crippen LogP contribution in [0.4, 0.5) is 4.79 Å². The van der Waals surface area contributed by atoms with Gasteiger partial charge in [-0.15, -0.1) is 11.3 Å². The average Bonchev–Trinajstić information content (AvgIpc) is 3.89. The molecule has 1 aliphatic rings. The van der Waals surface area contributed by atoms with Crippen molar-refractivity contribution in [3.8, 4) is 22.6 Å². The molecule has 2 N–H and O–H groups in total. The molecule has 0 saturated carbocycles. The molecule has 14 heteroatoms. The van der Waals surface area contributed by atoms with Gasteiger partial charge in [0.15, 0.2) is 17.7 Å². The summed E-state index contributed by atoms with van der Waals surface area (Å²) in [5.74, 6) is 0.658. The third-order valence-corrected chi connectivity index (χ3v) is 10.0. The molecule has 49 heavy (non-hydrogen) atoms. The number of benzene rings is 2. The maximum Gasteiger partial charge on any atom is 0.407 e. The monoisotopic (exact) mass is 699 g/mol. The zero-order chi connectivity index (χ0) is 34.0. The number of hydrogen-bond acceptors (Lipinski definition) is 10. The molecule has 12 nitrogen and oxygen atoms in total. The normalized spacial score (nSPS) is 14.7. The van der Waals surface area contributed by atoms with Gasteiger partial charge in [0.2, 0.25) is 0 Å². The second kappa shape index (κ2) is 14.0. The van der Waals surface area contributed by atoms with Crippen molar-refractivity contribution in [2.24, 2.45) is 7.05 Å². The predicted octanol–water partition coefficient (Wildman–Crippen LogP) is 5.62. The van der Waals surface area contributed by atoms with Gasteiger partial charge in [0.25, 0.3) is 5.56 Å². The number of hydrogen-bond donors (Lipinski definition) is 2. The minimum atomic E-state index is -1.06. The van der Waals surface area contributed by atoms with Gasteiger partial charge < -0.3 is 19.6 Å². The number of ether oxygens (including phenoxy) is 1. The second-order valence-electron chi connectivity index (χ2n) is 12.2. The molecule has 0 atom stereocenters. The average molecular weight is 700 g/mol. The quantitative estimate of drug-likeness (QED) is 0.186. The highest BCUT2D eigenvalue weighted by molar-refractivity contribution is 7.09. The van der Waals surface area contributed by atoms with Gasteiger partial charge in [0.1, 0.15) is 12.1 Å². The summed E-state index contributed by atoms with van der Waals surface area (Å²) in [7, 11) is 1.77. The Balaban J connectivity index is 0.970. The van der Waals surface area contributed by atoms with Crippen LogP contribution in [0, 0.1) is 0 Å². The van der Waals surface area contributed by atoms with E-state index in [9.17, 15) is 14.7 Å². The van der Waals surface area contributed by atoms with Gasteiger partial charge in [-0.3, -0.25) is 18.9 Å². The number of aryl methyl sites for hydroxylation is 1. The Hall–Kier alpha value is -4.82. The number of aliphatic hydroxyl groups is 1. The van der Waals surface area contributed by atoms with Crippen molar-refractivity contribution in [3.63, 3.8) is 0 Å². The number of likely N-dealkylation sites (tertiary alicyclic amines) is 1. The Labute approximate surface area is 290 Å². The highest BCUT2D eigenvalue weighted by Crippen LogP contribution is 2.30. The van der Waals surface area contributed by atoms with Gasteiger partial charge in [0, 0.05) is 54.3 Å². The fraction of sp³-hybridized carbons (Fsp3) is 0.286. The van der Waals surface area contributed by atoms with E-state index in [2.05, 4.69) is 25.3 Å². The van der Waals surface area contributed by atoms with Crippen LogP contribution >= 0.6 is 22.9 Å². The van der Waals surface area contributed by atoms with Gasteiger partial charge in [-0.05, 0) is 41.5 Å². The molecule has 5 heterocycles. The number of nitrogens with one attached hydrogen (secondary N) is 1. The van der Waals surface area contributed by atoms with Gasteiger partial charge in [-0.2, -0.15) is 5.10 Å². The lowest BCUT2D eigenvalue weighted by molar-refractivity contribution is -0.0364. The predicted molar refractivity (Wildman–Crippen MR) is 186 cm³/mol. The Morgan fingerprint density at radius 2 is 1.92 bits per heavy atom. The van der Waals surface area contributed by atoms with Gasteiger partial charge in [-0.1, -0.05) is 54.1 Å². The molecule has 7 rings (SSSR count). The first-order valence-corrected chi connectivity index (χ1v) is 17.1. The van der Waals surface area contributed by atoms with Crippen molar-refractivity contribution in [3.05, 3.63) is 110 Å². The van der Waals surface area contributed by atoms with E-state index in [0.29, 0.717) is 61.0 Å². The van der Waals surface area contributed by atoms with E-state index in [4.69, 9.17) is 20.8 Å². The standard InChI is InChI=1S/C35H34ClN7O5S/c1-41-32(24-6-4-23(5-7-24)16-38-34(45)47-19-27-3-2-14-49-27)30-31(40-41)33(44)43(21-39-30)20-35(46)10-12-42(13-11-35)18-26-9-8-25(15-28(26)36)29-17-37-22-48-29/h2-9,14-15,17,21-22,46H,10-13,16,18-20H2,1H3,(H,38,45). The van der Waals surface area contributed by atoms with E-state index in [1.165, 1.54) is 28.6 Å². The van der Waals surface area contributed by atoms with E-state index in [0.717, 1.165) is 27.1 Å². The number of oxazole rings is 1. The van der Waals surface area contributed by atoms with Crippen LogP contribution < -0.4 is 10.9 Å². The largest absolute Gasteiger partial charge is 0.444 e. The van der Waals surface area contributed by atoms with Crippen molar-refractivity contribution in [2.45, 2.75) is 44.7 Å². The van der Waals surface area contributed by atoms with Crippen molar-refractivity contribution in [2.75, 3.05) is 13.1 Å². The molecule has 4 aromatic heterocycles. The van der Waals surface area contributed by atoms with Crippen molar-refractivity contribution in [1.82, 2.24) is 34.5 Å². The number of alkyl carbamates (subject to hydrolysis) is 1. The van der Waals surface area contributed by atoms with E-state index in [-0.39, 0.29) is 24.2 Å². The van der Waals surface area contributed by atoms with Crippen LogP contribution in [0.2, 0.25) is 5.02 Å². The van der Waals surface area contributed by atoms with E-state index in [1.807, 2.05) is 60.0 Å². The molecule has 0 bridgehead atoms. The lowest BCUT2D eigenvalue weighted by Gasteiger charge is -2.38. The smallest absolute Gasteiger partial charge is 0.407 e. The molecule has 252 valence electrons. The molecule has 2 aromatic carbocycles. The highest BCUT2D eigenvalue weighted by Gasteiger charge is 2.33. The number of halogens is 1. The first kappa shape index (κ1) is 32.7. The number of thiophene rings is 1. The third kappa shape index (κ3) is 7.30. The van der Waals surface area contributed by atoms with Crippen LogP contribution in [0.1, 0.15) is 28.8 Å². The third-order valence-electron chi connectivity index (χ3n) is 8.82. The fourth-order valence-corrected chi connectivity index (χ4v) is 6.96. The van der Waals surface area contributed by atoms with Gasteiger partial charge >= 0.3 is 6.09 Å². The molecule has 0 aliphatic carbocycles. The lowest BCUT2D eigenvalue weighted by Crippen LogP contribution is -2.47. The minimum Gasteiger partial charge on any atom is -0.444 e. The molecule has 0 unspecified atom stereocenters. The highest BCUT2D eigenvalue weighted by atomic mass is 35.5. The zero-order valence-electron chi connectivity index (χ0n) is 26.7. The minimum absolute atomic E-state index is 0.124. The van der Waals surface area contributed by atoms with Crippen LogP contribution in [0.25, 0.3) is 33.6 Å². The van der Waals surface area contributed by atoms with Crippen LogP contribution in [0.15, 0.2) is 88.1 Å². The Bertz CT molecular complexity index is 2120. The zero-order valence-corrected chi connectivity index (χ0v) is 28.3. The molecular formula is C35H34ClN7O5S. The first-order valence-electron chi connectivity index (χ1n) is 15.8. The number of carbonyl (C=O) groups is 1. The SMILES string of the molecule is Cn1nc2c(=O)n(CC3(O)CCN(Cc4ccc(-c5cnco5)cc4Cl)CC3)cnc2c1-c1ccc(CNC(=O)OCc2cccs2)cc1. The fourth-order valence-electron chi connectivity index (χ4n) is 6.10. The summed E-state index contributed by atoms with van der Waals surface area (Å²) in [5.41, 5.74) is 3.64. The first-order chi connectivity index (χ1) is 23.7. The van der Waals surface area contributed by atoms with Crippen LogP contribution in [0.5, 0.6) is 0 Å². The maximum absolute atomic E-state index is 13.6. The van der Waals surface area contributed by atoms with E-state index < -0.39 is 11.7 Å². The molecule has 1 aliphatic heterocycles. The summed E-state index contributed by atoms with van der Waals surface area (Å²) in [4.78, 5) is 37.5. The van der Waals surface area contributed by atoms with Gasteiger partial charge in [-0.25, -0.2) is 14.8 Å². The van der Waals surface area contributed by atoms with Crippen molar-refractivity contribution >= 4 is 40.1 Å². The number of nitrogens with zero attached hydrogens (tertiary/aromatic N) is 6. The van der Waals surface area contributed by atoms with E-state index >= 15 is 0 Å². The number of carbonyl (C=O) groups excluding carboxylic acids is 1. The van der Waals surface area contributed by atoms with Crippen molar-refractivity contribution in [1.29, 1.82) is 0 Å². The number of amides is 1. The molecular weight excluding hydrogens is 666 g/mol. The van der Waals surface area contributed by atoms with Crippen LogP contribution in [-0.4, -0.2) is 59.1 Å². The molecule has 1 amide bonds. The maximum atomic E-state index is 13.6. The topological polar surface area (TPSA) is 141 Å². The lowest BCUT2D eigenvalue weighted by atomic mass is 9.91. The number of fused-ring (bicyclic) bond motifs is 1.